The molecular weight excluding hydrogens is 176 g/mol. The van der Waals surface area contributed by atoms with Gasteiger partial charge in [0, 0.05) is 23.4 Å². The Labute approximate surface area is 83.3 Å². The Balaban J connectivity index is 2.16. The number of hydrogen-bond donors (Lipinski definition) is 1. The fraction of sp³-hybridized carbons (Fsp3) is 0.455. The lowest BCUT2D eigenvalue weighted by Gasteiger charge is -2.04. The lowest BCUT2D eigenvalue weighted by atomic mass is 10.1. The highest BCUT2D eigenvalue weighted by Crippen LogP contribution is 2.38. The number of rotatable bonds is 3. The Morgan fingerprint density at radius 2 is 2.29 bits per heavy atom. The van der Waals surface area contributed by atoms with E-state index < -0.39 is 6.04 Å². The van der Waals surface area contributed by atoms with E-state index in [9.17, 15) is 4.79 Å². The van der Waals surface area contributed by atoms with E-state index in [0.29, 0.717) is 11.5 Å². The predicted molar refractivity (Wildman–Crippen MR) is 54.2 cm³/mol. The first kappa shape index (κ1) is 9.34. The molecule has 1 atom stereocenters. The van der Waals surface area contributed by atoms with Gasteiger partial charge in [-0.15, -0.1) is 0 Å². The van der Waals surface area contributed by atoms with Crippen molar-refractivity contribution in [1.29, 1.82) is 0 Å². The molecule has 1 aromatic rings. The van der Waals surface area contributed by atoms with Crippen LogP contribution < -0.4 is 5.73 Å². The summed E-state index contributed by atoms with van der Waals surface area (Å²) < 4.78 is 0. The molecule has 1 heterocycles. The van der Waals surface area contributed by atoms with Gasteiger partial charge in [-0.2, -0.15) is 0 Å². The highest BCUT2D eigenvalue weighted by atomic mass is 16.1. The smallest absolute Gasteiger partial charge is 0.180 e. The summed E-state index contributed by atoms with van der Waals surface area (Å²) in [7, 11) is 0. The molecule has 1 aliphatic carbocycles. The molecule has 2 rings (SSSR count). The Kier molecular flexibility index (Phi) is 2.33. The monoisotopic (exact) mass is 190 g/mol. The molecular formula is C11H14N2O. The predicted octanol–water partition coefficient (Wildman–Crippen LogP) is 1.49. The third-order valence-corrected chi connectivity index (χ3v) is 2.48. The summed E-state index contributed by atoms with van der Waals surface area (Å²) in [6.07, 6.45) is 4.10. The van der Waals surface area contributed by atoms with Gasteiger partial charge in [0.05, 0.1) is 6.04 Å². The van der Waals surface area contributed by atoms with Crippen LogP contribution >= 0.6 is 0 Å². The summed E-state index contributed by atoms with van der Waals surface area (Å²) in [6, 6.07) is 3.32. The molecule has 1 fully saturated rings. The minimum Gasteiger partial charge on any atom is -0.321 e. The van der Waals surface area contributed by atoms with E-state index in [1.54, 1.807) is 13.1 Å². The van der Waals surface area contributed by atoms with E-state index >= 15 is 0 Å². The Morgan fingerprint density at radius 3 is 2.71 bits per heavy atom. The second-order valence-corrected chi connectivity index (χ2v) is 3.90. The highest BCUT2D eigenvalue weighted by Gasteiger charge is 2.24. The van der Waals surface area contributed by atoms with E-state index in [-0.39, 0.29) is 5.78 Å². The summed E-state index contributed by atoms with van der Waals surface area (Å²) in [6.45, 7) is 1.69. The number of ketones is 1. The van der Waals surface area contributed by atoms with Crippen molar-refractivity contribution in [2.45, 2.75) is 31.7 Å². The molecule has 0 radical (unpaired) electrons. The summed E-state index contributed by atoms with van der Waals surface area (Å²) in [5, 5.41) is 0. The second-order valence-electron chi connectivity index (χ2n) is 3.90. The highest BCUT2D eigenvalue weighted by molar-refractivity contribution is 5.99. The van der Waals surface area contributed by atoms with E-state index in [1.165, 1.54) is 12.8 Å². The second kappa shape index (κ2) is 3.50. The zero-order chi connectivity index (χ0) is 10.1. The van der Waals surface area contributed by atoms with Crippen LogP contribution in [0.3, 0.4) is 0 Å². The third-order valence-electron chi connectivity index (χ3n) is 2.48. The van der Waals surface area contributed by atoms with Gasteiger partial charge >= 0.3 is 0 Å². The van der Waals surface area contributed by atoms with Crippen LogP contribution in [0.1, 0.15) is 41.7 Å². The molecule has 0 spiro atoms. The van der Waals surface area contributed by atoms with Gasteiger partial charge in [0.25, 0.3) is 0 Å². The summed E-state index contributed by atoms with van der Waals surface area (Å²) in [5.74, 6) is 0.592. The maximum atomic E-state index is 11.5. The van der Waals surface area contributed by atoms with Crippen molar-refractivity contribution in [3.05, 3.63) is 29.6 Å². The molecule has 3 nitrogen and oxygen atoms in total. The molecule has 2 N–H and O–H groups in total. The molecule has 0 amide bonds. The number of hydrogen-bond acceptors (Lipinski definition) is 3. The van der Waals surface area contributed by atoms with E-state index in [4.69, 9.17) is 5.73 Å². The fourth-order valence-electron chi connectivity index (χ4n) is 1.43. The first-order chi connectivity index (χ1) is 6.68. The van der Waals surface area contributed by atoms with Gasteiger partial charge in [0.15, 0.2) is 5.78 Å². The molecule has 1 aromatic heterocycles. The van der Waals surface area contributed by atoms with Gasteiger partial charge in [-0.1, -0.05) is 0 Å². The lowest BCUT2D eigenvalue weighted by Crippen LogP contribution is -2.26. The fourth-order valence-corrected chi connectivity index (χ4v) is 1.43. The number of Topliss-reactive ketones (excluding diaryl/α,β-unsaturated/α-hetero) is 1. The number of aromatic nitrogens is 1. The van der Waals surface area contributed by atoms with Crippen molar-refractivity contribution in [2.75, 3.05) is 0 Å². The van der Waals surface area contributed by atoms with Crippen LogP contribution in [0.4, 0.5) is 0 Å². The molecule has 14 heavy (non-hydrogen) atoms. The Morgan fingerprint density at radius 1 is 1.57 bits per heavy atom. The zero-order valence-electron chi connectivity index (χ0n) is 8.23. The van der Waals surface area contributed by atoms with Crippen molar-refractivity contribution >= 4 is 5.78 Å². The van der Waals surface area contributed by atoms with Gasteiger partial charge < -0.3 is 5.73 Å². The summed E-state index contributed by atoms with van der Waals surface area (Å²) in [4.78, 5) is 15.7. The van der Waals surface area contributed by atoms with Crippen LogP contribution in [0.25, 0.3) is 0 Å². The van der Waals surface area contributed by atoms with Crippen molar-refractivity contribution in [2.24, 2.45) is 5.73 Å². The zero-order valence-corrected chi connectivity index (χ0v) is 8.23. The van der Waals surface area contributed by atoms with E-state index in [1.807, 2.05) is 12.1 Å². The Bertz CT molecular complexity index is 339. The van der Waals surface area contributed by atoms with Gasteiger partial charge in [0.1, 0.15) is 0 Å². The van der Waals surface area contributed by atoms with Gasteiger partial charge in [-0.05, 0) is 31.9 Å². The third kappa shape index (κ3) is 1.82. The molecule has 1 aliphatic rings. The first-order valence-electron chi connectivity index (χ1n) is 4.94. The largest absolute Gasteiger partial charge is 0.321 e. The number of carbonyl (C=O) groups excluding carboxylic acids is 1. The molecule has 3 heteroatoms. The minimum absolute atomic E-state index is 0.0418. The number of carbonyl (C=O) groups is 1. The standard InChI is InChI=1S/C11H14N2O/c1-7(12)11(14)9-4-5-10(13-6-9)8-2-3-8/h4-8H,2-3,12H2,1H3. The molecule has 1 unspecified atom stereocenters. The van der Waals surface area contributed by atoms with Crippen LogP contribution in [0, 0.1) is 0 Å². The van der Waals surface area contributed by atoms with Gasteiger partial charge in [-0.3, -0.25) is 9.78 Å². The molecule has 0 bridgehead atoms. The first-order valence-corrected chi connectivity index (χ1v) is 4.94. The average molecular weight is 190 g/mol. The summed E-state index contributed by atoms with van der Waals surface area (Å²) >= 11 is 0. The molecule has 0 aromatic carbocycles. The van der Waals surface area contributed by atoms with Crippen LogP contribution in [-0.2, 0) is 0 Å². The van der Waals surface area contributed by atoms with Crippen LogP contribution in [0.2, 0.25) is 0 Å². The topological polar surface area (TPSA) is 56.0 Å². The normalized spacial score (nSPS) is 17.9. The van der Waals surface area contributed by atoms with Gasteiger partial charge in [0.2, 0.25) is 0 Å². The number of nitrogens with zero attached hydrogens (tertiary/aromatic N) is 1. The maximum Gasteiger partial charge on any atom is 0.180 e. The van der Waals surface area contributed by atoms with E-state index in [2.05, 4.69) is 4.98 Å². The van der Waals surface area contributed by atoms with Crippen molar-refractivity contribution in [3.63, 3.8) is 0 Å². The van der Waals surface area contributed by atoms with Crippen molar-refractivity contribution < 1.29 is 4.79 Å². The quantitative estimate of drug-likeness (QED) is 0.735. The summed E-state index contributed by atoms with van der Waals surface area (Å²) in [5.41, 5.74) is 7.22. The van der Waals surface area contributed by atoms with Crippen LogP contribution in [-0.4, -0.2) is 16.8 Å². The number of nitrogens with two attached hydrogens (primary N) is 1. The molecule has 0 aliphatic heterocycles. The van der Waals surface area contributed by atoms with Crippen molar-refractivity contribution in [1.82, 2.24) is 4.98 Å². The van der Waals surface area contributed by atoms with Gasteiger partial charge in [-0.25, -0.2) is 0 Å². The molecule has 1 saturated carbocycles. The average Bonchev–Trinajstić information content (AvgIpc) is 3.00. The number of pyridine rings is 1. The SMILES string of the molecule is CC(N)C(=O)c1ccc(C2CC2)nc1. The minimum atomic E-state index is -0.441. The molecule has 0 saturated heterocycles. The van der Waals surface area contributed by atoms with Crippen molar-refractivity contribution in [3.8, 4) is 0 Å². The van der Waals surface area contributed by atoms with Crippen LogP contribution in [0.15, 0.2) is 18.3 Å². The molecule has 74 valence electrons. The lowest BCUT2D eigenvalue weighted by molar-refractivity contribution is 0.0967. The Hall–Kier alpha value is -1.22. The van der Waals surface area contributed by atoms with E-state index in [0.717, 1.165) is 5.69 Å². The van der Waals surface area contributed by atoms with Crippen LogP contribution in [0.5, 0.6) is 0 Å². The maximum absolute atomic E-state index is 11.5.